The Kier molecular flexibility index (Phi) is 11.4. The Labute approximate surface area is 190 Å². The summed E-state index contributed by atoms with van der Waals surface area (Å²) < 4.78 is 2.03. The standard InChI is InChI=1S/C18H25N7O2.2CH2O2/c1-13-14(2)25(12-22-13)7-6-21-18(27)24-10-8-23(9-11-24)17-15(16(19)26)4-3-5-20-17;2*2-1-3/h3-5,12H,6-11H2,1-2H3,(H2,19,26)(H,21,27);2*1H,(H,2,3). The highest BCUT2D eigenvalue weighted by Gasteiger charge is 2.24. The van der Waals surface area contributed by atoms with Crippen LogP contribution in [-0.2, 0) is 16.1 Å². The highest BCUT2D eigenvalue weighted by molar-refractivity contribution is 5.97. The summed E-state index contributed by atoms with van der Waals surface area (Å²) in [6.45, 7) is 7.04. The molecule has 0 unspecified atom stereocenters. The summed E-state index contributed by atoms with van der Waals surface area (Å²) in [4.78, 5) is 53.0. The zero-order chi connectivity index (χ0) is 24.8. The van der Waals surface area contributed by atoms with Crippen LogP contribution >= 0.6 is 0 Å². The van der Waals surface area contributed by atoms with Gasteiger partial charge in [-0.1, -0.05) is 0 Å². The van der Waals surface area contributed by atoms with Gasteiger partial charge in [0.05, 0.1) is 17.6 Å². The second kappa shape index (κ2) is 14.0. The molecule has 0 saturated carbocycles. The average Bonchev–Trinajstić information content (AvgIpc) is 3.12. The molecule has 0 atom stereocenters. The van der Waals surface area contributed by atoms with Gasteiger partial charge in [-0.05, 0) is 26.0 Å². The van der Waals surface area contributed by atoms with Crippen LogP contribution in [0, 0.1) is 13.8 Å². The number of piperazine rings is 1. The first-order valence-corrected chi connectivity index (χ1v) is 9.97. The maximum Gasteiger partial charge on any atom is 0.317 e. The SMILES string of the molecule is Cc1ncn(CCNC(=O)N2CCN(c3ncccc3C(N)=O)CC2)c1C.O=CO.O=CO. The third-order valence-electron chi connectivity index (χ3n) is 4.89. The first-order valence-electron chi connectivity index (χ1n) is 9.97. The van der Waals surface area contributed by atoms with E-state index < -0.39 is 5.91 Å². The number of rotatable bonds is 5. The molecule has 3 heterocycles. The summed E-state index contributed by atoms with van der Waals surface area (Å²) in [5, 5.41) is 16.7. The van der Waals surface area contributed by atoms with Crippen LogP contribution in [0.4, 0.5) is 10.6 Å². The van der Waals surface area contributed by atoms with Crippen molar-refractivity contribution >= 4 is 30.7 Å². The van der Waals surface area contributed by atoms with Crippen molar-refractivity contribution in [3.8, 4) is 0 Å². The number of carbonyl (C=O) groups excluding carboxylic acids is 2. The average molecular weight is 463 g/mol. The monoisotopic (exact) mass is 463 g/mol. The molecule has 33 heavy (non-hydrogen) atoms. The molecular weight excluding hydrogens is 434 g/mol. The van der Waals surface area contributed by atoms with E-state index in [1.807, 2.05) is 23.3 Å². The molecule has 0 bridgehead atoms. The lowest BCUT2D eigenvalue weighted by molar-refractivity contribution is -0.123. The predicted octanol–water partition coefficient (Wildman–Crippen LogP) is -0.0728. The van der Waals surface area contributed by atoms with Gasteiger partial charge in [0.2, 0.25) is 0 Å². The Balaban J connectivity index is 0.000000819. The van der Waals surface area contributed by atoms with Crippen molar-refractivity contribution < 1.29 is 29.4 Å². The molecule has 1 fully saturated rings. The molecule has 3 rings (SSSR count). The topological polar surface area (TPSA) is 184 Å². The van der Waals surface area contributed by atoms with E-state index in [0.717, 1.165) is 11.4 Å². The highest BCUT2D eigenvalue weighted by atomic mass is 16.3. The minimum Gasteiger partial charge on any atom is -0.483 e. The Morgan fingerprint density at radius 3 is 2.24 bits per heavy atom. The summed E-state index contributed by atoms with van der Waals surface area (Å²) in [5.41, 5.74) is 7.94. The smallest absolute Gasteiger partial charge is 0.317 e. The molecule has 1 aliphatic rings. The van der Waals surface area contributed by atoms with Gasteiger partial charge in [0.25, 0.3) is 18.9 Å². The minimum absolute atomic E-state index is 0.0831. The molecule has 5 N–H and O–H groups in total. The van der Waals surface area contributed by atoms with Gasteiger partial charge in [0.15, 0.2) is 0 Å². The summed E-state index contributed by atoms with van der Waals surface area (Å²) in [6, 6.07) is 3.28. The van der Waals surface area contributed by atoms with Crippen LogP contribution in [-0.4, -0.2) is 87.3 Å². The Hall–Kier alpha value is -4.16. The normalized spacial score (nSPS) is 12.4. The largest absolute Gasteiger partial charge is 0.483 e. The van der Waals surface area contributed by atoms with E-state index in [9.17, 15) is 9.59 Å². The van der Waals surface area contributed by atoms with E-state index in [1.54, 1.807) is 29.6 Å². The number of nitrogens with two attached hydrogens (primary N) is 1. The summed E-state index contributed by atoms with van der Waals surface area (Å²) in [6.07, 6.45) is 3.43. The van der Waals surface area contributed by atoms with E-state index in [1.165, 1.54) is 0 Å². The van der Waals surface area contributed by atoms with E-state index in [-0.39, 0.29) is 19.0 Å². The number of nitrogens with zero attached hydrogens (tertiary/aromatic N) is 5. The van der Waals surface area contributed by atoms with Gasteiger partial charge in [0, 0.05) is 51.2 Å². The second-order valence-corrected chi connectivity index (χ2v) is 6.76. The molecule has 1 saturated heterocycles. The Morgan fingerprint density at radius 2 is 1.73 bits per heavy atom. The van der Waals surface area contributed by atoms with Gasteiger partial charge in [0.1, 0.15) is 5.82 Å². The molecule has 0 radical (unpaired) electrons. The number of carboxylic acid groups (broad SMARTS) is 2. The van der Waals surface area contributed by atoms with Crippen LogP contribution < -0.4 is 16.0 Å². The number of urea groups is 1. The Morgan fingerprint density at radius 1 is 1.12 bits per heavy atom. The van der Waals surface area contributed by atoms with E-state index in [2.05, 4.69) is 15.3 Å². The van der Waals surface area contributed by atoms with E-state index >= 15 is 0 Å². The lowest BCUT2D eigenvalue weighted by Gasteiger charge is -2.35. The fraction of sp³-hybridized carbons (Fsp3) is 0.400. The van der Waals surface area contributed by atoms with Gasteiger partial charge < -0.3 is 35.6 Å². The molecule has 0 spiro atoms. The maximum absolute atomic E-state index is 12.4. The van der Waals surface area contributed by atoms with Crippen LogP contribution in [0.5, 0.6) is 0 Å². The Bertz CT molecular complexity index is 919. The van der Waals surface area contributed by atoms with Crippen LogP contribution in [0.15, 0.2) is 24.7 Å². The first-order chi connectivity index (χ1) is 15.8. The number of hydrogen-bond donors (Lipinski definition) is 4. The third kappa shape index (κ3) is 8.12. The van der Waals surface area contributed by atoms with Gasteiger partial charge in [-0.3, -0.25) is 14.4 Å². The van der Waals surface area contributed by atoms with Crippen LogP contribution in [0.3, 0.4) is 0 Å². The third-order valence-corrected chi connectivity index (χ3v) is 4.89. The number of aromatic nitrogens is 3. The number of imidazole rings is 1. The van der Waals surface area contributed by atoms with Gasteiger partial charge in [-0.15, -0.1) is 0 Å². The lowest BCUT2D eigenvalue weighted by atomic mass is 10.2. The van der Waals surface area contributed by atoms with Crippen molar-refractivity contribution in [1.29, 1.82) is 0 Å². The molecule has 2 aromatic heterocycles. The number of pyridine rings is 1. The first kappa shape index (κ1) is 26.9. The number of aryl methyl sites for hydroxylation is 1. The maximum atomic E-state index is 12.4. The molecule has 2 aromatic rings. The summed E-state index contributed by atoms with van der Waals surface area (Å²) in [5.74, 6) is 0.0827. The molecule has 0 aliphatic carbocycles. The zero-order valence-corrected chi connectivity index (χ0v) is 18.5. The molecular formula is C20H29N7O6. The van der Waals surface area contributed by atoms with Crippen LogP contribution in [0.25, 0.3) is 0 Å². The van der Waals surface area contributed by atoms with Crippen LogP contribution in [0.1, 0.15) is 21.7 Å². The van der Waals surface area contributed by atoms with Gasteiger partial charge >= 0.3 is 6.03 Å². The number of hydrogen-bond acceptors (Lipinski definition) is 7. The number of primary amides is 1. The van der Waals surface area contributed by atoms with Crippen molar-refractivity contribution in [2.24, 2.45) is 5.73 Å². The predicted molar refractivity (Wildman–Crippen MR) is 119 cm³/mol. The molecule has 0 aromatic carbocycles. The molecule has 3 amide bonds. The van der Waals surface area contributed by atoms with Crippen molar-refractivity contribution in [1.82, 2.24) is 24.8 Å². The fourth-order valence-electron chi connectivity index (χ4n) is 3.13. The quantitative estimate of drug-likeness (QED) is 0.441. The molecule has 13 nitrogen and oxygen atoms in total. The molecule has 1 aliphatic heterocycles. The van der Waals surface area contributed by atoms with Crippen LogP contribution in [0.2, 0.25) is 0 Å². The fourth-order valence-corrected chi connectivity index (χ4v) is 3.13. The summed E-state index contributed by atoms with van der Waals surface area (Å²) in [7, 11) is 0. The van der Waals surface area contributed by atoms with E-state index in [4.69, 9.17) is 25.5 Å². The summed E-state index contributed by atoms with van der Waals surface area (Å²) >= 11 is 0. The van der Waals surface area contributed by atoms with E-state index in [0.29, 0.717) is 50.6 Å². The molecule has 180 valence electrons. The van der Waals surface area contributed by atoms with Crippen molar-refractivity contribution in [3.05, 3.63) is 41.6 Å². The lowest BCUT2D eigenvalue weighted by Crippen LogP contribution is -2.52. The number of carbonyl (C=O) groups is 4. The zero-order valence-electron chi connectivity index (χ0n) is 18.5. The second-order valence-electron chi connectivity index (χ2n) is 6.76. The number of nitrogens with one attached hydrogen (secondary N) is 1. The highest BCUT2D eigenvalue weighted by Crippen LogP contribution is 2.18. The van der Waals surface area contributed by atoms with Crippen molar-refractivity contribution in [3.63, 3.8) is 0 Å². The number of anilines is 1. The molecule has 13 heteroatoms. The van der Waals surface area contributed by atoms with Gasteiger partial charge in [-0.2, -0.15) is 0 Å². The minimum atomic E-state index is -0.497. The van der Waals surface area contributed by atoms with Crippen molar-refractivity contribution in [2.45, 2.75) is 20.4 Å². The van der Waals surface area contributed by atoms with Crippen molar-refractivity contribution in [2.75, 3.05) is 37.6 Å². The van der Waals surface area contributed by atoms with Gasteiger partial charge in [-0.25, -0.2) is 14.8 Å². The number of amides is 3.